The van der Waals surface area contributed by atoms with Crippen LogP contribution in [0.3, 0.4) is 0 Å². The van der Waals surface area contributed by atoms with Crippen molar-refractivity contribution >= 4 is 17.4 Å². The fraction of sp³-hybridized carbons (Fsp3) is 0.217. The molecule has 0 spiro atoms. The highest BCUT2D eigenvalue weighted by molar-refractivity contribution is 6.04. The molecule has 0 fully saturated rings. The molecule has 2 N–H and O–H groups in total. The number of aryl methyl sites for hydroxylation is 2. The van der Waals surface area contributed by atoms with E-state index in [1.54, 1.807) is 19.4 Å². The minimum atomic E-state index is -0.168. The number of hydrogen-bond acceptors (Lipinski definition) is 4. The molecule has 5 heteroatoms. The summed E-state index contributed by atoms with van der Waals surface area (Å²) in [4.78, 5) is 16.8. The molecule has 3 aromatic rings. The van der Waals surface area contributed by atoms with Crippen LogP contribution in [0.5, 0.6) is 5.75 Å². The zero-order valence-electron chi connectivity index (χ0n) is 16.5. The molecule has 144 valence electrons. The lowest BCUT2D eigenvalue weighted by molar-refractivity contribution is 0.102. The summed E-state index contributed by atoms with van der Waals surface area (Å²) in [6, 6.07) is 17.5. The monoisotopic (exact) mass is 375 g/mol. The van der Waals surface area contributed by atoms with Crippen LogP contribution in [0.25, 0.3) is 0 Å². The molecule has 0 bridgehead atoms. The van der Waals surface area contributed by atoms with Crippen LogP contribution in [-0.2, 0) is 6.42 Å². The van der Waals surface area contributed by atoms with Crippen LogP contribution >= 0.6 is 0 Å². The van der Waals surface area contributed by atoms with Crippen LogP contribution in [0.1, 0.15) is 27.0 Å². The van der Waals surface area contributed by atoms with E-state index < -0.39 is 0 Å². The quantitative estimate of drug-likeness (QED) is 0.633. The molecule has 1 aromatic heterocycles. The lowest BCUT2D eigenvalue weighted by Crippen LogP contribution is -2.13. The number of carbonyl (C=O) groups is 1. The molecule has 3 rings (SSSR count). The van der Waals surface area contributed by atoms with Crippen LogP contribution in [0.4, 0.5) is 11.5 Å². The van der Waals surface area contributed by atoms with E-state index in [9.17, 15) is 4.79 Å². The highest BCUT2D eigenvalue weighted by Gasteiger charge is 2.08. The van der Waals surface area contributed by atoms with Crippen molar-refractivity contribution in [1.82, 2.24) is 4.98 Å². The van der Waals surface area contributed by atoms with Gasteiger partial charge in [-0.3, -0.25) is 4.79 Å². The van der Waals surface area contributed by atoms with Crippen LogP contribution < -0.4 is 15.4 Å². The number of aromatic nitrogens is 1. The first-order valence-corrected chi connectivity index (χ1v) is 9.26. The molecule has 0 aliphatic rings. The molecule has 0 saturated carbocycles. The molecular weight excluding hydrogens is 350 g/mol. The normalized spacial score (nSPS) is 10.4. The standard InChI is InChI=1S/C23H25N3O2/c1-16-12-17(2)14-20(13-16)26-23(27)19-8-9-22(25-15-19)24-11-10-18-6-4-5-7-21(18)28-3/h4-9,12-15H,10-11H2,1-3H3,(H,24,25)(H,26,27). The van der Waals surface area contributed by atoms with Gasteiger partial charge in [-0.1, -0.05) is 24.3 Å². The van der Waals surface area contributed by atoms with Crippen molar-refractivity contribution < 1.29 is 9.53 Å². The summed E-state index contributed by atoms with van der Waals surface area (Å²) in [7, 11) is 1.68. The van der Waals surface area contributed by atoms with Crippen molar-refractivity contribution in [3.63, 3.8) is 0 Å². The van der Waals surface area contributed by atoms with Crippen molar-refractivity contribution in [2.75, 3.05) is 24.3 Å². The second-order valence-corrected chi connectivity index (χ2v) is 6.75. The topological polar surface area (TPSA) is 63.2 Å². The van der Waals surface area contributed by atoms with E-state index in [0.717, 1.165) is 46.9 Å². The Morgan fingerprint density at radius 3 is 2.46 bits per heavy atom. The smallest absolute Gasteiger partial charge is 0.257 e. The summed E-state index contributed by atoms with van der Waals surface area (Å²) in [5.41, 5.74) is 4.68. The zero-order valence-corrected chi connectivity index (χ0v) is 16.5. The number of rotatable bonds is 7. The second kappa shape index (κ2) is 9.04. The highest BCUT2D eigenvalue weighted by Crippen LogP contribution is 2.18. The highest BCUT2D eigenvalue weighted by atomic mass is 16.5. The minimum Gasteiger partial charge on any atom is -0.496 e. The van der Waals surface area contributed by atoms with E-state index in [4.69, 9.17) is 4.74 Å². The molecule has 0 radical (unpaired) electrons. The van der Waals surface area contributed by atoms with Gasteiger partial charge >= 0.3 is 0 Å². The number of benzene rings is 2. The van der Waals surface area contributed by atoms with Gasteiger partial charge in [0.05, 0.1) is 12.7 Å². The van der Waals surface area contributed by atoms with Gasteiger partial charge in [-0.2, -0.15) is 0 Å². The van der Waals surface area contributed by atoms with Crippen molar-refractivity contribution in [2.45, 2.75) is 20.3 Å². The van der Waals surface area contributed by atoms with Crippen molar-refractivity contribution in [2.24, 2.45) is 0 Å². The maximum absolute atomic E-state index is 12.4. The maximum atomic E-state index is 12.4. The van der Waals surface area contributed by atoms with Gasteiger partial charge in [-0.25, -0.2) is 4.98 Å². The zero-order chi connectivity index (χ0) is 19.9. The van der Waals surface area contributed by atoms with Crippen LogP contribution in [0.15, 0.2) is 60.8 Å². The summed E-state index contributed by atoms with van der Waals surface area (Å²) in [6.45, 7) is 4.74. The van der Waals surface area contributed by atoms with Gasteiger partial charge in [0.2, 0.25) is 0 Å². The molecule has 0 aliphatic carbocycles. The third-order valence-electron chi connectivity index (χ3n) is 4.40. The van der Waals surface area contributed by atoms with Gasteiger partial charge in [0.25, 0.3) is 5.91 Å². The number of hydrogen-bond donors (Lipinski definition) is 2. The number of nitrogens with zero attached hydrogens (tertiary/aromatic N) is 1. The average molecular weight is 375 g/mol. The summed E-state index contributed by atoms with van der Waals surface area (Å²) in [6.07, 6.45) is 2.41. The molecule has 0 unspecified atom stereocenters. The number of amides is 1. The molecule has 5 nitrogen and oxygen atoms in total. The number of nitrogens with one attached hydrogen (secondary N) is 2. The maximum Gasteiger partial charge on any atom is 0.257 e. The second-order valence-electron chi connectivity index (χ2n) is 6.75. The molecule has 1 amide bonds. The van der Waals surface area contributed by atoms with Gasteiger partial charge in [-0.05, 0) is 67.3 Å². The summed E-state index contributed by atoms with van der Waals surface area (Å²) >= 11 is 0. The number of methoxy groups -OCH3 is 1. The van der Waals surface area contributed by atoms with E-state index in [0.29, 0.717) is 5.56 Å². The molecule has 0 aliphatic heterocycles. The summed E-state index contributed by atoms with van der Waals surface area (Å²) < 4.78 is 5.37. The Hall–Kier alpha value is -3.34. The molecule has 28 heavy (non-hydrogen) atoms. The van der Waals surface area contributed by atoms with Crippen LogP contribution in [0.2, 0.25) is 0 Å². The van der Waals surface area contributed by atoms with E-state index in [1.807, 2.05) is 56.3 Å². The van der Waals surface area contributed by atoms with Gasteiger partial charge < -0.3 is 15.4 Å². The molecule has 1 heterocycles. The Kier molecular flexibility index (Phi) is 6.27. The Morgan fingerprint density at radius 1 is 1.04 bits per heavy atom. The van der Waals surface area contributed by atoms with E-state index in [1.165, 1.54) is 0 Å². The number of para-hydroxylation sites is 1. The van der Waals surface area contributed by atoms with Gasteiger partial charge in [0, 0.05) is 18.4 Å². The molecule has 0 atom stereocenters. The molecular formula is C23H25N3O2. The van der Waals surface area contributed by atoms with E-state index >= 15 is 0 Å². The molecule has 0 saturated heterocycles. The number of ether oxygens (including phenoxy) is 1. The lowest BCUT2D eigenvalue weighted by Gasteiger charge is -2.10. The Labute approximate surface area is 165 Å². The van der Waals surface area contributed by atoms with Gasteiger partial charge in [-0.15, -0.1) is 0 Å². The van der Waals surface area contributed by atoms with E-state index in [2.05, 4.69) is 21.7 Å². The molecule has 2 aromatic carbocycles. The van der Waals surface area contributed by atoms with Crippen molar-refractivity contribution in [1.29, 1.82) is 0 Å². The minimum absolute atomic E-state index is 0.168. The predicted octanol–water partition coefficient (Wildman–Crippen LogP) is 4.61. The Bertz CT molecular complexity index is 932. The first-order valence-electron chi connectivity index (χ1n) is 9.26. The van der Waals surface area contributed by atoms with Crippen molar-refractivity contribution in [3.8, 4) is 5.75 Å². The third-order valence-corrected chi connectivity index (χ3v) is 4.40. The SMILES string of the molecule is COc1ccccc1CCNc1ccc(C(=O)Nc2cc(C)cc(C)c2)cn1. The number of anilines is 2. The van der Waals surface area contributed by atoms with Gasteiger partial charge in [0.1, 0.15) is 11.6 Å². The Morgan fingerprint density at radius 2 is 1.79 bits per heavy atom. The summed E-state index contributed by atoms with van der Waals surface area (Å²) in [5.74, 6) is 1.45. The number of pyridine rings is 1. The largest absolute Gasteiger partial charge is 0.496 e. The lowest BCUT2D eigenvalue weighted by atomic mass is 10.1. The average Bonchev–Trinajstić information content (AvgIpc) is 2.68. The van der Waals surface area contributed by atoms with Gasteiger partial charge in [0.15, 0.2) is 0 Å². The number of carbonyl (C=O) groups excluding carboxylic acids is 1. The van der Waals surface area contributed by atoms with Crippen LogP contribution in [0, 0.1) is 13.8 Å². The fourth-order valence-corrected chi connectivity index (χ4v) is 3.12. The van der Waals surface area contributed by atoms with Crippen LogP contribution in [-0.4, -0.2) is 24.5 Å². The first-order chi connectivity index (χ1) is 13.5. The third kappa shape index (κ3) is 5.10. The fourth-order valence-electron chi connectivity index (χ4n) is 3.12. The summed E-state index contributed by atoms with van der Waals surface area (Å²) in [5, 5.41) is 6.20. The Balaban J connectivity index is 1.56. The van der Waals surface area contributed by atoms with E-state index in [-0.39, 0.29) is 5.91 Å². The first kappa shape index (κ1) is 19.4. The van der Waals surface area contributed by atoms with Crippen molar-refractivity contribution in [3.05, 3.63) is 83.0 Å². The predicted molar refractivity (Wildman–Crippen MR) is 113 cm³/mol.